The highest BCUT2D eigenvalue weighted by Gasteiger charge is 2.28. The van der Waals surface area contributed by atoms with Crippen molar-refractivity contribution in [2.24, 2.45) is 0 Å². The van der Waals surface area contributed by atoms with Crippen LogP contribution in [-0.4, -0.2) is 42.3 Å². The van der Waals surface area contributed by atoms with Gasteiger partial charge in [-0.3, -0.25) is 0 Å². The van der Waals surface area contributed by atoms with Gasteiger partial charge in [0.15, 0.2) is 0 Å². The van der Waals surface area contributed by atoms with Gasteiger partial charge in [-0.15, -0.1) is 44.8 Å². The van der Waals surface area contributed by atoms with Crippen LogP contribution in [0.25, 0.3) is 84.0 Å². The molecule has 9 aromatic rings. The number of H-pyrrole nitrogens is 2. The van der Waals surface area contributed by atoms with Crippen LogP contribution in [0, 0.1) is 45.9 Å². The van der Waals surface area contributed by atoms with Crippen molar-refractivity contribution < 1.29 is 0 Å². The van der Waals surface area contributed by atoms with E-state index in [1.54, 1.807) is 0 Å². The fraction of sp³-hybridized carbons (Fsp3) is 0.412. The second-order valence-corrected chi connectivity index (χ2v) is 51.1. The summed E-state index contributed by atoms with van der Waals surface area (Å²) >= 11 is 3.78. The third kappa shape index (κ3) is 10.9. The zero-order valence-electron chi connectivity index (χ0n) is 50.4. The van der Waals surface area contributed by atoms with Crippen LogP contribution < -0.4 is 0 Å². The van der Waals surface area contributed by atoms with Crippen molar-refractivity contribution in [3.63, 3.8) is 0 Å². The van der Waals surface area contributed by atoms with E-state index in [0.717, 1.165) is 44.3 Å². The van der Waals surface area contributed by atoms with E-state index < -0.39 is 32.3 Å². The summed E-state index contributed by atoms with van der Waals surface area (Å²) in [6.45, 7) is 56.6. The zero-order valence-corrected chi connectivity index (χ0v) is 56.1. The SMILES string of the molecule is CC(C)(C)c1cc2c3sc(c(C#C[Si](C)(C)C)c3C#C[Si](C)(C)C)c3cc(C(C)(C)C)cc4c5cc(C(C)(C)C)cc(c6sc(c(C#C[Si](C)(C)C)c6C#C[Si](C)(C)C)c6cc(C(C)(C)C)cc7c(c1)c2[nH]c67)c5[nH]c34. The van der Waals surface area contributed by atoms with E-state index in [-0.39, 0.29) is 21.7 Å². The van der Waals surface area contributed by atoms with Gasteiger partial charge in [-0.25, -0.2) is 0 Å². The fourth-order valence-corrected chi connectivity index (χ4v) is 14.3. The summed E-state index contributed by atoms with van der Waals surface area (Å²) in [4.78, 5) is 8.54. The van der Waals surface area contributed by atoms with E-state index in [1.165, 1.54) is 84.1 Å². The number of fused-ring (bicyclic) bond motifs is 10. The van der Waals surface area contributed by atoms with Crippen LogP contribution in [0.2, 0.25) is 78.6 Å². The minimum atomic E-state index is -1.89. The minimum absolute atomic E-state index is 0.146. The Balaban J connectivity index is 1.79. The molecular weight excluding hydrogens is 1020 g/mol. The topological polar surface area (TPSA) is 31.6 Å². The highest BCUT2D eigenvalue weighted by atomic mass is 32.1. The van der Waals surface area contributed by atoms with Crippen molar-refractivity contribution in [3.05, 3.63) is 93.0 Å². The van der Waals surface area contributed by atoms with Crippen LogP contribution >= 0.6 is 22.7 Å². The van der Waals surface area contributed by atoms with Crippen molar-refractivity contribution in [2.75, 3.05) is 0 Å². The van der Waals surface area contributed by atoms with Gasteiger partial charge in [0.25, 0.3) is 0 Å². The lowest BCUT2D eigenvalue weighted by Crippen LogP contribution is -2.16. The van der Waals surface area contributed by atoms with E-state index in [4.69, 9.17) is 0 Å². The fourth-order valence-electron chi connectivity index (χ4n) is 9.75. The molecule has 2 nitrogen and oxygen atoms in total. The Morgan fingerprint density at radius 2 is 0.461 bits per heavy atom. The van der Waals surface area contributed by atoms with Crippen LogP contribution in [0.1, 0.15) is 128 Å². The molecule has 0 atom stereocenters. The van der Waals surface area contributed by atoms with Gasteiger partial charge in [0.2, 0.25) is 0 Å². The van der Waals surface area contributed by atoms with Gasteiger partial charge in [-0.2, -0.15) is 0 Å². The molecule has 2 N–H and O–H groups in total. The molecule has 0 saturated heterocycles. The minimum Gasteiger partial charge on any atom is -0.353 e. The van der Waals surface area contributed by atoms with Gasteiger partial charge >= 0.3 is 0 Å². The second-order valence-electron chi connectivity index (χ2n) is 30.1. The second kappa shape index (κ2) is 18.3. The summed E-state index contributed by atoms with van der Waals surface area (Å²) in [7, 11) is -7.55. The molecule has 9 rings (SSSR count). The molecule has 392 valence electrons. The predicted octanol–water partition coefficient (Wildman–Crippen LogP) is 20.4. The maximum absolute atomic E-state index is 4.27. The molecule has 0 amide bonds. The van der Waals surface area contributed by atoms with Crippen molar-refractivity contribution >= 4 is 139 Å². The van der Waals surface area contributed by atoms with Gasteiger partial charge < -0.3 is 9.97 Å². The average Bonchev–Trinajstić information content (AvgIpc) is 4.02. The summed E-state index contributed by atoms with van der Waals surface area (Å²) in [5, 5.41) is 9.68. The van der Waals surface area contributed by atoms with Gasteiger partial charge in [0.05, 0.1) is 63.1 Å². The van der Waals surface area contributed by atoms with E-state index >= 15 is 0 Å². The Hall–Kier alpha value is -5.01. The maximum atomic E-state index is 4.27. The molecular formula is C68H82N2S2Si4. The van der Waals surface area contributed by atoms with E-state index in [1.807, 2.05) is 22.7 Å². The highest BCUT2D eigenvalue weighted by molar-refractivity contribution is 7.26. The predicted molar refractivity (Wildman–Crippen MR) is 355 cm³/mol. The lowest BCUT2D eigenvalue weighted by Gasteiger charge is -2.21. The van der Waals surface area contributed by atoms with Crippen LogP contribution in [0.4, 0.5) is 0 Å². The molecule has 0 fully saturated rings. The first-order chi connectivity index (χ1) is 34.7. The van der Waals surface area contributed by atoms with Crippen molar-refractivity contribution in [3.8, 4) is 45.9 Å². The van der Waals surface area contributed by atoms with E-state index in [9.17, 15) is 0 Å². The van der Waals surface area contributed by atoms with E-state index in [2.05, 4.69) is 266 Å². The Morgan fingerprint density at radius 1 is 0.289 bits per heavy atom. The molecule has 4 aromatic carbocycles. The zero-order chi connectivity index (χ0) is 56.0. The monoisotopic (exact) mass is 1100 g/mol. The summed E-state index contributed by atoms with van der Waals surface area (Å²) < 4.78 is 4.72. The summed E-state index contributed by atoms with van der Waals surface area (Å²) in [5.74, 6) is 15.9. The lowest BCUT2D eigenvalue weighted by atomic mass is 9.83. The number of benzene rings is 4. The molecule has 8 bridgehead atoms. The molecule has 0 radical (unpaired) electrons. The van der Waals surface area contributed by atoms with Crippen LogP contribution in [0.5, 0.6) is 0 Å². The number of aromatic amines is 2. The molecule has 0 unspecified atom stereocenters. The number of aromatic nitrogens is 2. The normalized spacial score (nSPS) is 13.4. The largest absolute Gasteiger partial charge is 0.353 e. The lowest BCUT2D eigenvalue weighted by molar-refractivity contribution is 0.591. The Labute approximate surface area is 467 Å². The molecule has 8 heteroatoms. The van der Waals surface area contributed by atoms with Gasteiger partial charge in [-0.1, -0.05) is 185 Å². The van der Waals surface area contributed by atoms with Gasteiger partial charge in [0.1, 0.15) is 32.3 Å². The van der Waals surface area contributed by atoms with E-state index in [0.29, 0.717) is 0 Å². The quantitative estimate of drug-likeness (QED) is 0.112. The first-order valence-electron chi connectivity index (χ1n) is 27.4. The first-order valence-corrected chi connectivity index (χ1v) is 43.1. The maximum Gasteiger partial charge on any atom is 0.129 e. The Kier molecular flexibility index (Phi) is 13.4. The number of nitrogens with one attached hydrogen (secondary N) is 2. The summed E-state index contributed by atoms with van der Waals surface area (Å²) in [6, 6.07) is 19.9. The number of hydrogen-bond acceptors (Lipinski definition) is 2. The standard InChI is InChI=1S/C68H82N2S2Si4/c1-65(2,3)41-33-49-50-34-42(66(4,5)6)38-54-58(50)69-57(49)53(37-41)61-45(25-29-73(13,14)15)46(26-30-74(16,17)18)62(71-61)55-39-43(67(7,8)9)35-51-52-36-44(68(10,11)12)40-56(60(52)70-59(51)55)64-48(28-32-76(22,23)24)47(63(54)72-64)27-31-75(19,20)21/h33-40,69-70H,1-24H3. The number of rotatable bonds is 0. The average molecular weight is 1100 g/mol. The van der Waals surface area contributed by atoms with Crippen LogP contribution in [-0.2, 0) is 21.7 Å². The molecule has 5 heterocycles. The molecule has 0 aliphatic rings. The van der Waals surface area contributed by atoms with Crippen LogP contribution in [0.15, 0.2) is 48.5 Å². The third-order valence-corrected chi connectivity index (χ3v) is 20.2. The highest BCUT2D eigenvalue weighted by Crippen LogP contribution is 2.48. The van der Waals surface area contributed by atoms with Crippen molar-refractivity contribution in [1.82, 2.24) is 9.97 Å². The Bertz CT molecular complexity index is 3710. The molecule has 0 aliphatic carbocycles. The molecule has 0 spiro atoms. The molecule has 0 saturated carbocycles. The Morgan fingerprint density at radius 3 is 0.618 bits per heavy atom. The van der Waals surface area contributed by atoms with Gasteiger partial charge in [0, 0.05) is 43.1 Å². The molecule has 5 aromatic heterocycles. The number of hydrogen-bond donors (Lipinski definition) is 2. The van der Waals surface area contributed by atoms with Crippen molar-refractivity contribution in [2.45, 2.75) is 183 Å². The summed E-state index contributed by atoms with van der Waals surface area (Å²) in [6.07, 6.45) is 0. The molecule has 76 heavy (non-hydrogen) atoms. The van der Waals surface area contributed by atoms with Crippen molar-refractivity contribution in [1.29, 1.82) is 0 Å². The first kappa shape index (κ1) is 55.7. The molecule has 0 aliphatic heterocycles. The summed E-state index contributed by atoms with van der Waals surface area (Å²) in [5.41, 5.74) is 29.0. The number of thiophene rings is 2. The van der Waals surface area contributed by atoms with Gasteiger partial charge in [-0.05, 0) is 92.4 Å². The van der Waals surface area contributed by atoms with Crippen LogP contribution in [0.3, 0.4) is 0 Å². The third-order valence-electron chi connectivity index (χ3n) is 14.1. The smallest absolute Gasteiger partial charge is 0.129 e.